The smallest absolute Gasteiger partial charge is 0.272 e. The summed E-state index contributed by atoms with van der Waals surface area (Å²) in [6, 6.07) is 9.61. The Morgan fingerprint density at radius 1 is 1.45 bits per heavy atom. The van der Waals surface area contributed by atoms with Crippen molar-refractivity contribution in [1.29, 1.82) is 0 Å². The molecule has 1 aromatic heterocycles. The van der Waals surface area contributed by atoms with E-state index in [-0.39, 0.29) is 24.6 Å². The predicted molar refractivity (Wildman–Crippen MR) is 87.5 cm³/mol. The summed E-state index contributed by atoms with van der Waals surface area (Å²) in [7, 11) is 0. The number of aromatic amines is 1. The lowest BCUT2D eigenvalue weighted by atomic mass is 10.1. The van der Waals surface area contributed by atoms with E-state index in [0.29, 0.717) is 5.69 Å². The van der Waals surface area contributed by atoms with Crippen molar-refractivity contribution < 1.29 is 9.90 Å². The number of hydrogen-bond acceptors (Lipinski definition) is 3. The molecular formula is C16H18BrN3O2. The zero-order valence-corrected chi connectivity index (χ0v) is 13.9. The summed E-state index contributed by atoms with van der Waals surface area (Å²) in [5.41, 5.74) is 2.15. The fraction of sp³-hybridized carbons (Fsp3) is 0.375. The van der Waals surface area contributed by atoms with Crippen LogP contribution in [0, 0.1) is 0 Å². The Hall–Kier alpha value is -1.66. The van der Waals surface area contributed by atoms with E-state index < -0.39 is 0 Å². The van der Waals surface area contributed by atoms with Crippen LogP contribution >= 0.6 is 15.9 Å². The molecule has 1 amide bonds. The van der Waals surface area contributed by atoms with E-state index in [4.69, 9.17) is 0 Å². The van der Waals surface area contributed by atoms with Crippen molar-refractivity contribution in [3.63, 3.8) is 0 Å². The van der Waals surface area contributed by atoms with Crippen LogP contribution in [0.15, 0.2) is 34.8 Å². The van der Waals surface area contributed by atoms with Gasteiger partial charge < -0.3 is 10.0 Å². The Morgan fingerprint density at radius 2 is 2.14 bits per heavy atom. The van der Waals surface area contributed by atoms with Crippen LogP contribution in [0.5, 0.6) is 0 Å². The van der Waals surface area contributed by atoms with Gasteiger partial charge in [-0.25, -0.2) is 0 Å². The molecule has 0 aliphatic heterocycles. The number of aromatic nitrogens is 2. The predicted octanol–water partition coefficient (Wildman–Crippen LogP) is 2.82. The molecule has 5 nitrogen and oxygen atoms in total. The highest BCUT2D eigenvalue weighted by Crippen LogP contribution is 2.30. The van der Waals surface area contributed by atoms with E-state index in [2.05, 4.69) is 26.1 Å². The summed E-state index contributed by atoms with van der Waals surface area (Å²) in [6.45, 7) is 1.83. The maximum Gasteiger partial charge on any atom is 0.272 e. The average molecular weight is 364 g/mol. The minimum atomic E-state index is -0.181. The summed E-state index contributed by atoms with van der Waals surface area (Å²) in [6.07, 6.45) is 2.01. The summed E-state index contributed by atoms with van der Waals surface area (Å²) in [5.74, 6) is -0.0973. The zero-order valence-electron chi connectivity index (χ0n) is 12.3. The van der Waals surface area contributed by atoms with Gasteiger partial charge in [-0.1, -0.05) is 28.1 Å². The molecule has 1 aromatic carbocycles. The van der Waals surface area contributed by atoms with Crippen molar-refractivity contribution in [2.24, 2.45) is 0 Å². The Balaban J connectivity index is 1.83. The molecule has 1 heterocycles. The zero-order chi connectivity index (χ0) is 15.7. The number of nitrogens with zero attached hydrogens (tertiary/aromatic N) is 2. The Labute approximate surface area is 137 Å². The van der Waals surface area contributed by atoms with Gasteiger partial charge in [0.15, 0.2) is 0 Å². The van der Waals surface area contributed by atoms with Crippen LogP contribution in [-0.2, 0) is 0 Å². The molecule has 2 aromatic rings. The van der Waals surface area contributed by atoms with Gasteiger partial charge in [0, 0.05) is 16.1 Å². The molecule has 22 heavy (non-hydrogen) atoms. The molecule has 0 saturated heterocycles. The number of aliphatic hydroxyl groups excluding tert-OH is 1. The van der Waals surface area contributed by atoms with Crippen LogP contribution in [0.2, 0.25) is 0 Å². The van der Waals surface area contributed by atoms with Crippen LogP contribution in [0.4, 0.5) is 0 Å². The lowest BCUT2D eigenvalue weighted by Crippen LogP contribution is -2.42. The van der Waals surface area contributed by atoms with Crippen molar-refractivity contribution in [1.82, 2.24) is 15.1 Å². The number of amides is 1. The van der Waals surface area contributed by atoms with Gasteiger partial charge in [-0.15, -0.1) is 0 Å². The monoisotopic (exact) mass is 363 g/mol. The molecule has 1 unspecified atom stereocenters. The number of aliphatic hydroxyl groups is 1. The number of halogens is 1. The van der Waals surface area contributed by atoms with E-state index in [1.165, 1.54) is 0 Å². The lowest BCUT2D eigenvalue weighted by molar-refractivity contribution is 0.0592. The van der Waals surface area contributed by atoms with Crippen molar-refractivity contribution in [2.75, 3.05) is 6.61 Å². The molecule has 1 saturated carbocycles. The highest BCUT2D eigenvalue weighted by Gasteiger charge is 2.36. The number of carbonyl (C=O) groups excluding carboxylic acids is 1. The Kier molecular flexibility index (Phi) is 4.31. The summed E-state index contributed by atoms with van der Waals surface area (Å²) >= 11 is 3.40. The lowest BCUT2D eigenvalue weighted by Gasteiger charge is -2.27. The van der Waals surface area contributed by atoms with Crippen molar-refractivity contribution in [3.05, 3.63) is 40.5 Å². The van der Waals surface area contributed by atoms with E-state index in [1.807, 2.05) is 31.2 Å². The second-order valence-electron chi connectivity index (χ2n) is 5.65. The molecule has 2 N–H and O–H groups in total. The number of carbonyl (C=O) groups is 1. The van der Waals surface area contributed by atoms with Gasteiger partial charge in [-0.2, -0.15) is 5.10 Å². The quantitative estimate of drug-likeness (QED) is 0.857. The standard InChI is InChI=1S/C16H18BrN3O2/c1-10(9-21)20(13-6-7-13)16(22)15-8-14(18-19-15)11-2-4-12(17)5-3-11/h2-5,8,10,13,21H,6-7,9H2,1H3,(H,18,19). The van der Waals surface area contributed by atoms with Gasteiger partial charge >= 0.3 is 0 Å². The third kappa shape index (κ3) is 3.08. The Morgan fingerprint density at radius 3 is 2.73 bits per heavy atom. The van der Waals surface area contributed by atoms with Gasteiger partial charge in [0.25, 0.3) is 5.91 Å². The molecule has 1 fully saturated rings. The van der Waals surface area contributed by atoms with Crippen LogP contribution < -0.4 is 0 Å². The molecule has 6 heteroatoms. The van der Waals surface area contributed by atoms with Gasteiger partial charge in [-0.05, 0) is 38.0 Å². The third-order valence-corrected chi connectivity index (χ3v) is 4.39. The first-order valence-electron chi connectivity index (χ1n) is 7.35. The van der Waals surface area contributed by atoms with Crippen molar-refractivity contribution >= 4 is 21.8 Å². The number of H-pyrrole nitrogens is 1. The fourth-order valence-electron chi connectivity index (χ4n) is 2.51. The minimum Gasteiger partial charge on any atom is -0.394 e. The largest absolute Gasteiger partial charge is 0.394 e. The van der Waals surface area contributed by atoms with Crippen LogP contribution in [0.25, 0.3) is 11.3 Å². The van der Waals surface area contributed by atoms with Gasteiger partial charge in [0.05, 0.1) is 18.3 Å². The van der Waals surface area contributed by atoms with E-state index in [1.54, 1.807) is 11.0 Å². The van der Waals surface area contributed by atoms with Crippen LogP contribution in [0.3, 0.4) is 0 Å². The number of rotatable bonds is 5. The molecule has 0 bridgehead atoms. The maximum absolute atomic E-state index is 12.7. The average Bonchev–Trinajstić information content (AvgIpc) is 3.23. The van der Waals surface area contributed by atoms with Gasteiger partial charge in [0.2, 0.25) is 0 Å². The van der Waals surface area contributed by atoms with Crippen molar-refractivity contribution in [2.45, 2.75) is 31.8 Å². The number of hydrogen-bond donors (Lipinski definition) is 2. The van der Waals surface area contributed by atoms with Gasteiger partial charge in [0.1, 0.15) is 5.69 Å². The minimum absolute atomic E-state index is 0.0318. The second-order valence-corrected chi connectivity index (χ2v) is 6.56. The molecule has 3 rings (SSSR count). The van der Waals surface area contributed by atoms with Crippen LogP contribution in [0.1, 0.15) is 30.3 Å². The van der Waals surface area contributed by atoms with E-state index in [9.17, 15) is 9.90 Å². The number of benzene rings is 1. The molecule has 1 aliphatic rings. The fourth-order valence-corrected chi connectivity index (χ4v) is 2.77. The molecule has 0 spiro atoms. The molecule has 1 aliphatic carbocycles. The van der Waals surface area contributed by atoms with Crippen molar-refractivity contribution in [3.8, 4) is 11.3 Å². The maximum atomic E-state index is 12.7. The first kappa shape index (κ1) is 15.2. The first-order chi connectivity index (χ1) is 10.6. The molecule has 0 radical (unpaired) electrons. The normalized spacial score (nSPS) is 15.6. The highest BCUT2D eigenvalue weighted by molar-refractivity contribution is 9.10. The van der Waals surface area contributed by atoms with E-state index >= 15 is 0 Å². The summed E-state index contributed by atoms with van der Waals surface area (Å²) in [5, 5.41) is 16.4. The molecule has 116 valence electrons. The molecule has 1 atom stereocenters. The first-order valence-corrected chi connectivity index (χ1v) is 8.14. The third-order valence-electron chi connectivity index (χ3n) is 3.86. The van der Waals surface area contributed by atoms with Crippen LogP contribution in [-0.4, -0.2) is 44.8 Å². The second kappa shape index (κ2) is 6.22. The SMILES string of the molecule is CC(CO)N(C(=O)c1cc(-c2ccc(Br)cc2)n[nH]1)C1CC1. The summed E-state index contributed by atoms with van der Waals surface area (Å²) in [4.78, 5) is 14.4. The Bertz CT molecular complexity index is 664. The molecular weight excluding hydrogens is 346 g/mol. The summed E-state index contributed by atoms with van der Waals surface area (Å²) < 4.78 is 1.000. The van der Waals surface area contributed by atoms with Gasteiger partial charge in [-0.3, -0.25) is 9.89 Å². The highest BCUT2D eigenvalue weighted by atomic mass is 79.9. The topological polar surface area (TPSA) is 69.2 Å². The number of nitrogens with one attached hydrogen (secondary N) is 1. The van der Waals surface area contributed by atoms with E-state index in [0.717, 1.165) is 28.6 Å².